The lowest BCUT2D eigenvalue weighted by molar-refractivity contribution is -0.111. The molecule has 0 fully saturated rings. The predicted molar refractivity (Wildman–Crippen MR) is 60.5 cm³/mol. The van der Waals surface area contributed by atoms with E-state index in [4.69, 9.17) is 16.7 Å². The summed E-state index contributed by atoms with van der Waals surface area (Å²) in [4.78, 5) is 21.8. The molecule has 0 heterocycles. The minimum atomic E-state index is -1.11. The van der Waals surface area contributed by atoms with Crippen molar-refractivity contribution in [1.29, 1.82) is 0 Å². The third kappa shape index (κ3) is 3.01. The third-order valence-corrected chi connectivity index (χ3v) is 2.01. The Morgan fingerprint density at radius 1 is 1.44 bits per heavy atom. The highest BCUT2D eigenvalue weighted by Crippen LogP contribution is 2.20. The Bertz CT molecular complexity index is 500. The summed E-state index contributed by atoms with van der Waals surface area (Å²) in [6, 6.07) is 4.13. The summed E-state index contributed by atoms with van der Waals surface area (Å²) >= 11 is 5.72. The minimum absolute atomic E-state index is 0.0127. The molecule has 0 radical (unpaired) electrons. The van der Waals surface area contributed by atoms with Gasteiger partial charge in [0, 0.05) is 5.69 Å². The molecule has 0 aliphatic rings. The van der Waals surface area contributed by atoms with Gasteiger partial charge in [-0.2, -0.15) is 0 Å². The Kier molecular flexibility index (Phi) is 3.92. The molecule has 1 amide bonds. The number of hydrogen-bond acceptors (Lipinski definition) is 2. The molecule has 0 spiro atoms. The second kappa shape index (κ2) is 5.19. The largest absolute Gasteiger partial charge is 0.478 e. The molecule has 1 aromatic rings. The second-order valence-corrected chi connectivity index (χ2v) is 3.24. The molecule has 0 bridgehead atoms. The number of carboxylic acid groups (broad SMARTS) is 1. The zero-order valence-electron chi connectivity index (χ0n) is 8.37. The van der Waals surface area contributed by atoms with Gasteiger partial charge in [0.25, 0.3) is 5.91 Å². The zero-order chi connectivity index (χ0) is 12.1. The molecule has 0 aliphatic carbocycles. The number of benzene rings is 1. The van der Waals surface area contributed by atoms with Crippen molar-refractivity contribution >= 4 is 29.2 Å². The SMILES string of the molecule is CC#CC(=O)Nc1ccc(C(=O)O)c(Cl)c1. The quantitative estimate of drug-likeness (QED) is 0.773. The van der Waals surface area contributed by atoms with Crippen molar-refractivity contribution in [3.8, 4) is 11.8 Å². The fourth-order valence-corrected chi connectivity index (χ4v) is 1.30. The molecule has 0 aromatic heterocycles. The number of carbonyl (C=O) groups is 2. The molecule has 82 valence electrons. The van der Waals surface area contributed by atoms with Crippen LogP contribution in [0.5, 0.6) is 0 Å². The van der Waals surface area contributed by atoms with E-state index in [1.54, 1.807) is 6.92 Å². The van der Waals surface area contributed by atoms with Gasteiger partial charge in [-0.1, -0.05) is 17.5 Å². The smallest absolute Gasteiger partial charge is 0.337 e. The van der Waals surface area contributed by atoms with E-state index < -0.39 is 11.9 Å². The number of anilines is 1. The summed E-state index contributed by atoms with van der Waals surface area (Å²) in [6.07, 6.45) is 0. The Balaban J connectivity index is 2.92. The normalized spacial score (nSPS) is 8.88. The zero-order valence-corrected chi connectivity index (χ0v) is 9.13. The number of amides is 1. The van der Waals surface area contributed by atoms with Gasteiger partial charge < -0.3 is 10.4 Å². The van der Waals surface area contributed by atoms with E-state index in [0.29, 0.717) is 5.69 Å². The third-order valence-electron chi connectivity index (χ3n) is 1.70. The lowest BCUT2D eigenvalue weighted by atomic mass is 10.2. The van der Waals surface area contributed by atoms with Crippen molar-refractivity contribution in [2.75, 3.05) is 5.32 Å². The van der Waals surface area contributed by atoms with Crippen molar-refractivity contribution in [3.63, 3.8) is 0 Å². The Morgan fingerprint density at radius 2 is 2.12 bits per heavy atom. The Morgan fingerprint density at radius 3 is 2.62 bits per heavy atom. The molecule has 1 aromatic carbocycles. The molecule has 0 saturated heterocycles. The maximum Gasteiger partial charge on any atom is 0.337 e. The van der Waals surface area contributed by atoms with Crippen LogP contribution in [-0.4, -0.2) is 17.0 Å². The van der Waals surface area contributed by atoms with E-state index in [1.165, 1.54) is 18.2 Å². The van der Waals surface area contributed by atoms with Crippen LogP contribution in [0.2, 0.25) is 5.02 Å². The van der Waals surface area contributed by atoms with Crippen molar-refractivity contribution < 1.29 is 14.7 Å². The first-order chi connectivity index (χ1) is 7.54. The van der Waals surface area contributed by atoms with Gasteiger partial charge in [-0.25, -0.2) is 4.79 Å². The van der Waals surface area contributed by atoms with E-state index >= 15 is 0 Å². The first kappa shape index (κ1) is 12.1. The summed E-state index contributed by atoms with van der Waals surface area (Å²) in [5.74, 6) is 3.15. The lowest BCUT2D eigenvalue weighted by Gasteiger charge is -2.03. The summed E-state index contributed by atoms with van der Waals surface area (Å²) in [6.45, 7) is 1.54. The van der Waals surface area contributed by atoms with Crippen molar-refractivity contribution in [3.05, 3.63) is 28.8 Å². The van der Waals surface area contributed by atoms with Gasteiger partial charge in [-0.05, 0) is 31.0 Å². The highest BCUT2D eigenvalue weighted by Gasteiger charge is 2.09. The van der Waals surface area contributed by atoms with Gasteiger partial charge >= 0.3 is 5.97 Å². The van der Waals surface area contributed by atoms with Gasteiger partial charge in [-0.3, -0.25) is 4.79 Å². The van der Waals surface area contributed by atoms with Crippen LogP contribution in [0.4, 0.5) is 5.69 Å². The molecule has 1 rings (SSSR count). The Labute approximate surface area is 97.2 Å². The molecule has 5 heteroatoms. The topological polar surface area (TPSA) is 66.4 Å². The maximum absolute atomic E-state index is 11.1. The van der Waals surface area contributed by atoms with Crippen LogP contribution in [0, 0.1) is 11.8 Å². The van der Waals surface area contributed by atoms with Crippen LogP contribution in [0.3, 0.4) is 0 Å². The Hall–Kier alpha value is -1.99. The van der Waals surface area contributed by atoms with Gasteiger partial charge in [0.05, 0.1) is 10.6 Å². The maximum atomic E-state index is 11.1. The number of rotatable bonds is 2. The summed E-state index contributed by atoms with van der Waals surface area (Å²) in [5, 5.41) is 11.3. The molecule has 2 N–H and O–H groups in total. The van der Waals surface area contributed by atoms with Gasteiger partial charge in [0.2, 0.25) is 0 Å². The molecule has 16 heavy (non-hydrogen) atoms. The van der Waals surface area contributed by atoms with Gasteiger partial charge in [-0.15, -0.1) is 0 Å². The predicted octanol–water partition coefficient (Wildman–Crippen LogP) is 2.00. The standard InChI is InChI=1S/C11H8ClNO3/c1-2-3-10(14)13-7-4-5-8(11(15)16)9(12)6-7/h4-6H,1H3,(H,13,14)(H,15,16). The van der Waals surface area contributed by atoms with E-state index in [1.807, 2.05) is 0 Å². The highest BCUT2D eigenvalue weighted by atomic mass is 35.5. The van der Waals surface area contributed by atoms with E-state index in [0.717, 1.165) is 0 Å². The highest BCUT2D eigenvalue weighted by molar-refractivity contribution is 6.33. The first-order valence-corrected chi connectivity index (χ1v) is 4.69. The number of halogens is 1. The molecule has 0 aliphatic heterocycles. The number of aromatic carboxylic acids is 1. The second-order valence-electron chi connectivity index (χ2n) is 2.83. The van der Waals surface area contributed by atoms with E-state index in [2.05, 4.69) is 17.2 Å². The molecule has 0 saturated carbocycles. The fraction of sp³-hybridized carbons (Fsp3) is 0.0909. The summed E-state index contributed by atoms with van der Waals surface area (Å²) < 4.78 is 0. The van der Waals surface area contributed by atoms with Crippen LogP contribution in [-0.2, 0) is 4.79 Å². The van der Waals surface area contributed by atoms with Crippen LogP contribution < -0.4 is 5.32 Å². The number of nitrogens with one attached hydrogen (secondary N) is 1. The van der Waals surface area contributed by atoms with Crippen molar-refractivity contribution in [2.45, 2.75) is 6.92 Å². The summed E-state index contributed by atoms with van der Waals surface area (Å²) in [7, 11) is 0. The van der Waals surface area contributed by atoms with E-state index in [9.17, 15) is 9.59 Å². The molecular weight excluding hydrogens is 230 g/mol. The van der Waals surface area contributed by atoms with Gasteiger partial charge in [0.15, 0.2) is 0 Å². The minimum Gasteiger partial charge on any atom is -0.478 e. The number of carbonyl (C=O) groups excluding carboxylic acids is 1. The van der Waals surface area contributed by atoms with E-state index in [-0.39, 0.29) is 10.6 Å². The van der Waals surface area contributed by atoms with Crippen LogP contribution in [0.1, 0.15) is 17.3 Å². The molecule has 0 atom stereocenters. The van der Waals surface area contributed by atoms with Crippen molar-refractivity contribution in [2.24, 2.45) is 0 Å². The van der Waals surface area contributed by atoms with Crippen LogP contribution >= 0.6 is 11.6 Å². The van der Waals surface area contributed by atoms with Crippen LogP contribution in [0.15, 0.2) is 18.2 Å². The molecular formula is C11H8ClNO3. The molecule has 4 nitrogen and oxygen atoms in total. The fourth-order valence-electron chi connectivity index (χ4n) is 1.04. The average Bonchev–Trinajstić information content (AvgIpc) is 2.17. The monoisotopic (exact) mass is 237 g/mol. The van der Waals surface area contributed by atoms with Gasteiger partial charge in [0.1, 0.15) is 0 Å². The number of carboxylic acids is 1. The molecule has 0 unspecified atom stereocenters. The first-order valence-electron chi connectivity index (χ1n) is 4.31. The van der Waals surface area contributed by atoms with Crippen molar-refractivity contribution in [1.82, 2.24) is 0 Å². The van der Waals surface area contributed by atoms with Crippen LogP contribution in [0.25, 0.3) is 0 Å². The average molecular weight is 238 g/mol. The summed E-state index contributed by atoms with van der Waals surface area (Å²) in [5.41, 5.74) is 0.393. The lowest BCUT2D eigenvalue weighted by Crippen LogP contribution is -2.08. The number of hydrogen-bond donors (Lipinski definition) is 2.